The van der Waals surface area contributed by atoms with E-state index in [2.05, 4.69) is 54.6 Å². The van der Waals surface area contributed by atoms with Crippen LogP contribution < -0.4 is 0 Å². The average Bonchev–Trinajstić information content (AvgIpc) is 2.31. The second kappa shape index (κ2) is 9.45. The second-order valence-corrected chi connectivity index (χ2v) is 2.99. The van der Waals surface area contributed by atoms with Gasteiger partial charge in [-0.3, -0.25) is 0 Å². The van der Waals surface area contributed by atoms with Crippen molar-refractivity contribution in [1.82, 2.24) is 0 Å². The van der Waals surface area contributed by atoms with E-state index in [1.54, 1.807) is 13.8 Å². The maximum Gasteiger partial charge on any atom is 0.0245 e. The van der Waals surface area contributed by atoms with E-state index in [0.29, 0.717) is 0 Å². The highest BCUT2D eigenvalue weighted by molar-refractivity contribution is 5.35. The van der Waals surface area contributed by atoms with Crippen LogP contribution in [0, 0.1) is 42.4 Å². The van der Waals surface area contributed by atoms with Crippen molar-refractivity contribution in [2.75, 3.05) is 0 Å². The summed E-state index contributed by atoms with van der Waals surface area (Å²) in [4.78, 5) is 0. The monoisotopic (exact) mass is 208 g/mol. The average molecular weight is 208 g/mol. The maximum atomic E-state index is 2.98. The molecule has 0 fully saturated rings. The summed E-state index contributed by atoms with van der Waals surface area (Å²) in [5, 5.41) is 0. The lowest BCUT2D eigenvalue weighted by atomic mass is 10.2. The third-order valence-electron chi connectivity index (χ3n) is 1.63. The Balaban J connectivity index is 0.000000325. The summed E-state index contributed by atoms with van der Waals surface area (Å²) >= 11 is 0. The molecule has 0 aliphatic carbocycles. The van der Waals surface area contributed by atoms with E-state index in [1.807, 2.05) is 19.1 Å². The molecular formula is C16H16. The molecule has 0 aliphatic rings. The summed E-state index contributed by atoms with van der Waals surface area (Å²) in [6.45, 7) is 7.46. The van der Waals surface area contributed by atoms with Gasteiger partial charge in [0.05, 0.1) is 0 Å². The van der Waals surface area contributed by atoms with E-state index in [0.717, 1.165) is 5.56 Å². The van der Waals surface area contributed by atoms with Crippen molar-refractivity contribution >= 4 is 0 Å². The zero-order valence-corrected chi connectivity index (χ0v) is 10.3. The molecule has 0 heterocycles. The van der Waals surface area contributed by atoms with Crippen LogP contribution in [0.25, 0.3) is 0 Å². The first-order chi connectivity index (χ1) is 7.74. The molecular weight excluding hydrogens is 192 g/mol. The standard InChI is InChI=1S/C10H10.C6H6/c1-3-4-10-7-5-9(2)6-8-10;1-3-5-6-4-2/h5-8H,1-2H3;1-2H3. The van der Waals surface area contributed by atoms with Crippen LogP contribution in [-0.2, 0) is 0 Å². The Morgan fingerprint density at radius 2 is 1.25 bits per heavy atom. The molecule has 0 saturated carbocycles. The van der Waals surface area contributed by atoms with Crippen LogP contribution in [0.5, 0.6) is 0 Å². The molecule has 0 nitrogen and oxygen atoms in total. The SMILES string of the molecule is CC#CC#CC.CC#Cc1ccc(C)cc1. The molecule has 0 radical (unpaired) electrons. The first kappa shape index (κ1) is 13.9. The number of hydrogen-bond donors (Lipinski definition) is 0. The topological polar surface area (TPSA) is 0 Å². The molecule has 0 bridgehead atoms. The van der Waals surface area contributed by atoms with Gasteiger partial charge in [0.2, 0.25) is 0 Å². The fourth-order valence-corrected chi connectivity index (χ4v) is 0.906. The fourth-order valence-electron chi connectivity index (χ4n) is 0.906. The number of rotatable bonds is 0. The van der Waals surface area contributed by atoms with Crippen LogP contribution in [0.15, 0.2) is 24.3 Å². The Morgan fingerprint density at radius 3 is 1.62 bits per heavy atom. The first-order valence-electron chi connectivity index (χ1n) is 5.07. The van der Waals surface area contributed by atoms with E-state index >= 15 is 0 Å². The van der Waals surface area contributed by atoms with Crippen LogP contribution in [-0.4, -0.2) is 0 Å². The molecule has 0 unspecified atom stereocenters. The van der Waals surface area contributed by atoms with Gasteiger partial charge in [0, 0.05) is 5.56 Å². The summed E-state index contributed by atoms with van der Waals surface area (Å²) in [6, 6.07) is 8.21. The van der Waals surface area contributed by atoms with Gasteiger partial charge >= 0.3 is 0 Å². The van der Waals surface area contributed by atoms with Gasteiger partial charge in [0.1, 0.15) is 0 Å². The molecule has 0 atom stereocenters. The van der Waals surface area contributed by atoms with Crippen LogP contribution in [0.3, 0.4) is 0 Å². The van der Waals surface area contributed by atoms with Gasteiger partial charge in [-0.1, -0.05) is 35.5 Å². The Morgan fingerprint density at radius 1 is 0.750 bits per heavy atom. The summed E-state index contributed by atoms with van der Waals surface area (Å²) in [7, 11) is 0. The third kappa shape index (κ3) is 7.32. The molecule has 1 aromatic rings. The highest BCUT2D eigenvalue weighted by Crippen LogP contribution is 2.00. The number of benzene rings is 1. The molecule has 0 saturated heterocycles. The lowest BCUT2D eigenvalue weighted by molar-refractivity contribution is 1.46. The van der Waals surface area contributed by atoms with Crippen molar-refractivity contribution in [3.63, 3.8) is 0 Å². The van der Waals surface area contributed by atoms with E-state index in [-0.39, 0.29) is 0 Å². The van der Waals surface area contributed by atoms with Crippen molar-refractivity contribution in [3.8, 4) is 35.5 Å². The lowest BCUT2D eigenvalue weighted by Crippen LogP contribution is -1.73. The molecule has 0 aromatic heterocycles. The molecule has 16 heavy (non-hydrogen) atoms. The largest absolute Gasteiger partial charge is 0.101 e. The van der Waals surface area contributed by atoms with Crippen molar-refractivity contribution in [3.05, 3.63) is 35.4 Å². The van der Waals surface area contributed by atoms with Gasteiger partial charge < -0.3 is 0 Å². The molecule has 1 rings (SSSR count). The van der Waals surface area contributed by atoms with Gasteiger partial charge in [0.25, 0.3) is 0 Å². The normalized spacial score (nSPS) is 6.50. The Hall–Kier alpha value is -2.10. The molecule has 0 spiro atoms. The molecule has 0 amide bonds. The highest BCUT2D eigenvalue weighted by Gasteiger charge is 1.83. The minimum absolute atomic E-state index is 1.09. The Labute approximate surface area is 99.1 Å². The fraction of sp³-hybridized carbons (Fsp3) is 0.250. The predicted octanol–water partition coefficient (Wildman–Crippen LogP) is 3.40. The molecule has 0 heteroatoms. The minimum atomic E-state index is 1.09. The van der Waals surface area contributed by atoms with Crippen LogP contribution in [0.4, 0.5) is 0 Å². The van der Waals surface area contributed by atoms with Gasteiger partial charge in [-0.05, 0) is 51.7 Å². The van der Waals surface area contributed by atoms with Crippen LogP contribution >= 0.6 is 0 Å². The quantitative estimate of drug-likeness (QED) is 0.573. The Kier molecular flexibility index (Phi) is 8.21. The second-order valence-electron chi connectivity index (χ2n) is 2.99. The van der Waals surface area contributed by atoms with Crippen molar-refractivity contribution in [1.29, 1.82) is 0 Å². The van der Waals surface area contributed by atoms with E-state index < -0.39 is 0 Å². The van der Waals surface area contributed by atoms with Gasteiger partial charge in [0.15, 0.2) is 0 Å². The summed E-state index contributed by atoms with van der Waals surface area (Å²) in [6.07, 6.45) is 0. The smallest absolute Gasteiger partial charge is 0.0245 e. The van der Waals surface area contributed by atoms with Gasteiger partial charge in [-0.2, -0.15) is 0 Å². The van der Waals surface area contributed by atoms with Gasteiger partial charge in [-0.15, -0.1) is 5.92 Å². The van der Waals surface area contributed by atoms with Crippen molar-refractivity contribution < 1.29 is 0 Å². The van der Waals surface area contributed by atoms with Crippen LogP contribution in [0.2, 0.25) is 0 Å². The zero-order chi connectivity index (χ0) is 12.2. The summed E-state index contributed by atoms with van der Waals surface area (Å²) in [5.41, 5.74) is 2.37. The lowest BCUT2D eigenvalue weighted by Gasteiger charge is -1.90. The van der Waals surface area contributed by atoms with Crippen molar-refractivity contribution in [2.24, 2.45) is 0 Å². The molecule has 0 N–H and O–H groups in total. The summed E-state index contributed by atoms with van der Waals surface area (Å²) in [5.74, 6) is 16.3. The number of aryl methyl sites for hydroxylation is 1. The molecule has 1 aromatic carbocycles. The molecule has 0 aliphatic heterocycles. The van der Waals surface area contributed by atoms with E-state index in [4.69, 9.17) is 0 Å². The molecule has 80 valence electrons. The minimum Gasteiger partial charge on any atom is -0.101 e. The van der Waals surface area contributed by atoms with E-state index in [1.165, 1.54) is 5.56 Å². The van der Waals surface area contributed by atoms with Crippen LogP contribution in [0.1, 0.15) is 31.9 Å². The zero-order valence-electron chi connectivity index (χ0n) is 10.3. The first-order valence-corrected chi connectivity index (χ1v) is 5.07. The van der Waals surface area contributed by atoms with Crippen molar-refractivity contribution in [2.45, 2.75) is 27.7 Å². The third-order valence-corrected chi connectivity index (χ3v) is 1.63. The Bertz CT molecular complexity index is 453. The maximum absolute atomic E-state index is 2.98. The van der Waals surface area contributed by atoms with E-state index in [9.17, 15) is 0 Å². The highest BCUT2D eigenvalue weighted by atomic mass is 13.9. The predicted molar refractivity (Wildman–Crippen MR) is 70.6 cm³/mol. The number of hydrogen-bond acceptors (Lipinski definition) is 0. The van der Waals surface area contributed by atoms with Gasteiger partial charge in [-0.25, -0.2) is 0 Å². The summed E-state index contributed by atoms with van der Waals surface area (Å²) < 4.78 is 0.